The SMILES string of the molecule is COC(=O)C(C)CSc1c(F)c(F)c(F)c(F)c1F. The summed E-state index contributed by atoms with van der Waals surface area (Å²) in [5, 5.41) is 0. The molecule has 0 bridgehead atoms. The van der Waals surface area contributed by atoms with Crippen molar-refractivity contribution in [1.29, 1.82) is 0 Å². The van der Waals surface area contributed by atoms with E-state index in [4.69, 9.17) is 0 Å². The molecule has 19 heavy (non-hydrogen) atoms. The quantitative estimate of drug-likeness (QED) is 0.281. The lowest BCUT2D eigenvalue weighted by Gasteiger charge is -2.10. The maximum atomic E-state index is 13.3. The molecule has 1 atom stereocenters. The van der Waals surface area contributed by atoms with Crippen molar-refractivity contribution in [3.05, 3.63) is 29.1 Å². The van der Waals surface area contributed by atoms with Gasteiger partial charge in [0.1, 0.15) is 0 Å². The summed E-state index contributed by atoms with van der Waals surface area (Å²) in [6.45, 7) is 1.41. The summed E-state index contributed by atoms with van der Waals surface area (Å²) < 4.78 is 69.5. The van der Waals surface area contributed by atoms with Crippen LogP contribution in [0, 0.1) is 35.0 Å². The van der Waals surface area contributed by atoms with Crippen molar-refractivity contribution in [1.82, 2.24) is 0 Å². The van der Waals surface area contributed by atoms with Crippen molar-refractivity contribution in [3.8, 4) is 0 Å². The average molecular weight is 300 g/mol. The zero-order chi connectivity index (χ0) is 14.7. The Labute approximate surface area is 109 Å². The van der Waals surface area contributed by atoms with Gasteiger partial charge < -0.3 is 4.74 Å². The smallest absolute Gasteiger partial charge is 0.309 e. The van der Waals surface area contributed by atoms with Crippen LogP contribution in [0.5, 0.6) is 0 Å². The van der Waals surface area contributed by atoms with E-state index in [1.54, 1.807) is 0 Å². The second-order valence-corrected chi connectivity index (χ2v) is 4.66. The van der Waals surface area contributed by atoms with Gasteiger partial charge >= 0.3 is 5.97 Å². The van der Waals surface area contributed by atoms with Crippen molar-refractivity contribution in [2.24, 2.45) is 5.92 Å². The third kappa shape index (κ3) is 3.17. The molecule has 0 N–H and O–H groups in total. The highest BCUT2D eigenvalue weighted by molar-refractivity contribution is 7.99. The maximum absolute atomic E-state index is 13.3. The topological polar surface area (TPSA) is 26.3 Å². The molecule has 0 amide bonds. The van der Waals surface area contributed by atoms with E-state index in [-0.39, 0.29) is 5.75 Å². The molecule has 1 aromatic carbocycles. The van der Waals surface area contributed by atoms with Crippen LogP contribution >= 0.6 is 11.8 Å². The normalized spacial score (nSPS) is 12.4. The molecule has 8 heteroatoms. The minimum atomic E-state index is -2.21. The Morgan fingerprint density at radius 3 is 1.89 bits per heavy atom. The van der Waals surface area contributed by atoms with E-state index in [2.05, 4.69) is 4.74 Å². The number of carbonyl (C=O) groups excluding carboxylic acids is 1. The van der Waals surface area contributed by atoms with Gasteiger partial charge in [-0.3, -0.25) is 4.79 Å². The zero-order valence-electron chi connectivity index (χ0n) is 9.90. The molecule has 106 valence electrons. The van der Waals surface area contributed by atoms with Gasteiger partial charge in [0, 0.05) is 5.75 Å². The number of halogens is 5. The summed E-state index contributed by atoms with van der Waals surface area (Å²) in [6, 6.07) is 0. The van der Waals surface area contributed by atoms with Gasteiger partial charge in [-0.05, 0) is 0 Å². The number of hydrogen-bond donors (Lipinski definition) is 0. The number of esters is 1. The zero-order valence-corrected chi connectivity index (χ0v) is 10.7. The van der Waals surface area contributed by atoms with Gasteiger partial charge in [-0.15, -0.1) is 11.8 Å². The summed E-state index contributed by atoms with van der Waals surface area (Å²) in [5.74, 6) is -11.6. The van der Waals surface area contributed by atoms with Crippen LogP contribution in [-0.2, 0) is 9.53 Å². The monoisotopic (exact) mass is 300 g/mol. The molecular formula is C11H9F5O2S. The van der Waals surface area contributed by atoms with Crippen LogP contribution in [0.3, 0.4) is 0 Å². The summed E-state index contributed by atoms with van der Waals surface area (Å²) >= 11 is 0.365. The maximum Gasteiger partial charge on any atom is 0.309 e. The molecule has 0 aliphatic carbocycles. The van der Waals surface area contributed by atoms with Crippen molar-refractivity contribution < 1.29 is 31.5 Å². The largest absolute Gasteiger partial charge is 0.469 e. The van der Waals surface area contributed by atoms with Crippen LogP contribution in [-0.4, -0.2) is 18.8 Å². The third-order valence-corrected chi connectivity index (χ3v) is 3.56. The molecule has 0 aromatic heterocycles. The van der Waals surface area contributed by atoms with Gasteiger partial charge in [0.05, 0.1) is 17.9 Å². The van der Waals surface area contributed by atoms with Gasteiger partial charge in [-0.1, -0.05) is 6.92 Å². The first-order valence-electron chi connectivity index (χ1n) is 5.03. The number of thioether (sulfide) groups is 1. The van der Waals surface area contributed by atoms with E-state index in [0.29, 0.717) is 11.8 Å². The highest BCUT2D eigenvalue weighted by Crippen LogP contribution is 2.31. The summed E-state index contributed by atoms with van der Waals surface area (Å²) in [4.78, 5) is 10.1. The highest BCUT2D eigenvalue weighted by Gasteiger charge is 2.26. The molecule has 2 nitrogen and oxygen atoms in total. The van der Waals surface area contributed by atoms with Crippen molar-refractivity contribution in [3.63, 3.8) is 0 Å². The molecular weight excluding hydrogens is 291 g/mol. The molecule has 0 radical (unpaired) electrons. The van der Waals surface area contributed by atoms with Gasteiger partial charge in [0.15, 0.2) is 23.3 Å². The summed E-state index contributed by atoms with van der Waals surface area (Å²) in [6.07, 6.45) is 0. The van der Waals surface area contributed by atoms with E-state index in [0.717, 1.165) is 7.11 Å². The molecule has 0 saturated carbocycles. The standard InChI is InChI=1S/C11H9F5O2S/c1-4(11(17)18-2)3-19-10-8(15)6(13)5(12)7(14)9(10)16/h4H,3H2,1-2H3. The van der Waals surface area contributed by atoms with Gasteiger partial charge in [-0.25, -0.2) is 22.0 Å². The van der Waals surface area contributed by atoms with E-state index in [1.165, 1.54) is 6.92 Å². The second kappa shape index (κ2) is 6.23. The molecule has 0 aliphatic heterocycles. The number of carbonyl (C=O) groups is 1. The minimum absolute atomic E-state index is 0.176. The molecule has 1 unspecified atom stereocenters. The van der Waals surface area contributed by atoms with E-state index >= 15 is 0 Å². The lowest BCUT2D eigenvalue weighted by Crippen LogP contribution is -2.15. The van der Waals surface area contributed by atoms with Crippen molar-refractivity contribution in [2.75, 3.05) is 12.9 Å². The highest BCUT2D eigenvalue weighted by atomic mass is 32.2. The Hall–Kier alpha value is -1.31. The van der Waals surface area contributed by atoms with Crippen LogP contribution in [0.4, 0.5) is 22.0 Å². The average Bonchev–Trinajstić information content (AvgIpc) is 2.41. The summed E-state index contributed by atoms with van der Waals surface area (Å²) in [7, 11) is 1.13. The number of ether oxygens (including phenoxy) is 1. The fourth-order valence-corrected chi connectivity index (χ4v) is 2.17. The molecule has 0 heterocycles. The minimum Gasteiger partial charge on any atom is -0.469 e. The fourth-order valence-electron chi connectivity index (χ4n) is 1.19. The lowest BCUT2D eigenvalue weighted by atomic mass is 10.2. The first kappa shape index (κ1) is 15.7. The Morgan fingerprint density at radius 1 is 1.05 bits per heavy atom. The molecule has 0 saturated heterocycles. The van der Waals surface area contributed by atoms with Crippen LogP contribution in [0.1, 0.15) is 6.92 Å². The van der Waals surface area contributed by atoms with Crippen LogP contribution in [0.2, 0.25) is 0 Å². The molecule has 1 rings (SSSR count). The van der Waals surface area contributed by atoms with Crippen molar-refractivity contribution >= 4 is 17.7 Å². The predicted molar refractivity (Wildman–Crippen MR) is 58.1 cm³/mol. The molecule has 0 fully saturated rings. The third-order valence-electron chi connectivity index (χ3n) is 2.25. The molecule has 0 spiro atoms. The Balaban J connectivity index is 3.00. The van der Waals surface area contributed by atoms with Crippen LogP contribution in [0.25, 0.3) is 0 Å². The first-order valence-corrected chi connectivity index (χ1v) is 6.01. The second-order valence-electron chi connectivity index (χ2n) is 3.63. The lowest BCUT2D eigenvalue weighted by molar-refractivity contribution is -0.143. The first-order chi connectivity index (χ1) is 8.81. The van der Waals surface area contributed by atoms with Gasteiger partial charge in [0.25, 0.3) is 0 Å². The van der Waals surface area contributed by atoms with E-state index in [1.807, 2.05) is 0 Å². The van der Waals surface area contributed by atoms with Crippen LogP contribution < -0.4 is 0 Å². The summed E-state index contributed by atoms with van der Waals surface area (Å²) in [5.41, 5.74) is 0. The predicted octanol–water partition coefficient (Wildman–Crippen LogP) is 3.28. The van der Waals surface area contributed by atoms with E-state index in [9.17, 15) is 26.7 Å². The van der Waals surface area contributed by atoms with Crippen LogP contribution in [0.15, 0.2) is 4.90 Å². The Kier molecular flexibility index (Phi) is 5.16. The van der Waals surface area contributed by atoms with Gasteiger partial charge in [-0.2, -0.15) is 0 Å². The Morgan fingerprint density at radius 2 is 1.47 bits per heavy atom. The van der Waals surface area contributed by atoms with Gasteiger partial charge in [0.2, 0.25) is 5.82 Å². The molecule has 0 aliphatic rings. The number of hydrogen-bond acceptors (Lipinski definition) is 3. The van der Waals surface area contributed by atoms with E-state index < -0.39 is 45.9 Å². The number of methoxy groups -OCH3 is 1. The number of rotatable bonds is 4. The number of benzene rings is 1. The fraction of sp³-hybridized carbons (Fsp3) is 0.364. The van der Waals surface area contributed by atoms with Crippen molar-refractivity contribution in [2.45, 2.75) is 11.8 Å². The Bertz CT molecular complexity index is 477. The molecule has 1 aromatic rings.